The lowest BCUT2D eigenvalue weighted by Crippen LogP contribution is -2.22. The van der Waals surface area contributed by atoms with Crippen molar-refractivity contribution in [3.05, 3.63) is 61.4 Å². The largest absolute Gasteiger partial charge is 0.422 e. The van der Waals surface area contributed by atoms with Gasteiger partial charge >= 0.3 is 5.63 Å². The third-order valence-corrected chi connectivity index (χ3v) is 6.89. The Morgan fingerprint density at radius 3 is 2.61 bits per heavy atom. The van der Waals surface area contributed by atoms with Crippen molar-refractivity contribution in [2.45, 2.75) is 33.7 Å². The number of aromatic nitrogens is 2. The molecular formula is C24H23N3O3S. The normalized spacial score (nSPS) is 12.2. The molecule has 0 bridgehead atoms. The van der Waals surface area contributed by atoms with E-state index in [-0.39, 0.29) is 5.43 Å². The van der Waals surface area contributed by atoms with Gasteiger partial charge in [0.15, 0.2) is 5.43 Å². The molecular weight excluding hydrogens is 410 g/mol. The van der Waals surface area contributed by atoms with Gasteiger partial charge in [-0.05, 0) is 52.1 Å². The first-order chi connectivity index (χ1) is 14.8. The van der Waals surface area contributed by atoms with Crippen LogP contribution in [-0.2, 0) is 13.0 Å². The van der Waals surface area contributed by atoms with Gasteiger partial charge in [0.25, 0.3) is 0 Å². The van der Waals surface area contributed by atoms with E-state index in [4.69, 9.17) is 9.40 Å². The molecule has 0 saturated carbocycles. The average Bonchev–Trinajstić information content (AvgIpc) is 3.08. The number of fused-ring (bicyclic) bond motifs is 7. The van der Waals surface area contributed by atoms with Crippen LogP contribution in [0.4, 0.5) is 0 Å². The Morgan fingerprint density at radius 1 is 1.13 bits per heavy atom. The Bertz CT molecular complexity index is 1640. The summed E-state index contributed by atoms with van der Waals surface area (Å²) in [6, 6.07) is 3.97. The molecule has 0 saturated heterocycles. The fraction of sp³-hybridized carbons (Fsp3) is 0.292. The van der Waals surface area contributed by atoms with Crippen LogP contribution in [0.25, 0.3) is 42.2 Å². The lowest BCUT2D eigenvalue weighted by Gasteiger charge is -2.13. The highest BCUT2D eigenvalue weighted by molar-refractivity contribution is 7.26. The molecule has 4 heterocycles. The zero-order valence-corrected chi connectivity index (χ0v) is 19.0. The lowest BCUT2D eigenvalue weighted by atomic mass is 9.99. The topological polar surface area (TPSA) is 79.2 Å². The summed E-state index contributed by atoms with van der Waals surface area (Å²) in [6.07, 6.45) is 2.33. The van der Waals surface area contributed by atoms with E-state index in [9.17, 15) is 9.59 Å². The number of benzene rings is 1. The van der Waals surface area contributed by atoms with E-state index in [1.54, 1.807) is 17.5 Å². The fourth-order valence-corrected chi connectivity index (χ4v) is 5.79. The van der Waals surface area contributed by atoms with Crippen LogP contribution in [0.3, 0.4) is 0 Å². The van der Waals surface area contributed by atoms with Gasteiger partial charge in [0, 0.05) is 40.2 Å². The van der Waals surface area contributed by atoms with Crippen molar-refractivity contribution in [3.63, 3.8) is 0 Å². The Labute approximate surface area is 182 Å². The van der Waals surface area contributed by atoms with Gasteiger partial charge in [-0.25, -0.2) is 9.78 Å². The number of nitrogens with one attached hydrogen (secondary N) is 1. The number of thiophene rings is 1. The predicted octanol–water partition coefficient (Wildman–Crippen LogP) is 4.64. The van der Waals surface area contributed by atoms with E-state index in [1.165, 1.54) is 0 Å². The molecule has 0 atom stereocenters. The van der Waals surface area contributed by atoms with Crippen molar-refractivity contribution in [2.75, 3.05) is 14.1 Å². The molecule has 4 aromatic heterocycles. The molecule has 5 rings (SSSR count). The first-order valence-corrected chi connectivity index (χ1v) is 11.1. The van der Waals surface area contributed by atoms with Crippen LogP contribution >= 0.6 is 11.3 Å². The highest BCUT2D eigenvalue weighted by atomic mass is 32.1. The zero-order valence-electron chi connectivity index (χ0n) is 18.2. The van der Waals surface area contributed by atoms with Gasteiger partial charge in [-0.1, -0.05) is 6.92 Å². The summed E-state index contributed by atoms with van der Waals surface area (Å²) in [5.74, 6) is 0. The number of aromatic amines is 1. The van der Waals surface area contributed by atoms with Crippen molar-refractivity contribution in [1.29, 1.82) is 0 Å². The second-order valence-electron chi connectivity index (χ2n) is 8.35. The van der Waals surface area contributed by atoms with Crippen LogP contribution in [0.2, 0.25) is 0 Å². The third-order valence-electron chi connectivity index (χ3n) is 5.79. The Balaban J connectivity index is 2.07. The maximum atomic E-state index is 13.1. The smallest absolute Gasteiger partial charge is 0.345 e. The molecule has 7 heteroatoms. The van der Waals surface area contributed by atoms with E-state index in [1.807, 2.05) is 38.9 Å². The van der Waals surface area contributed by atoms with Crippen LogP contribution in [-0.4, -0.2) is 29.0 Å². The standard InChI is InChI=1S/C24H23N3O3S/c1-6-13-8-14-18-15(24(29)30-21(14)16(20(13)28)10-27(4)5)9-25-19-17-11(2)7-12(3)26-23(17)31-22(18)19/h7-9,25H,6,10H2,1-5H3. The molecule has 0 unspecified atom stereocenters. The molecule has 5 aromatic rings. The number of rotatable bonds is 3. The summed E-state index contributed by atoms with van der Waals surface area (Å²) in [5, 5.41) is 3.19. The summed E-state index contributed by atoms with van der Waals surface area (Å²) in [4.78, 5) is 36.9. The monoisotopic (exact) mass is 433 g/mol. The Kier molecular flexibility index (Phi) is 4.50. The van der Waals surface area contributed by atoms with Crippen LogP contribution in [0.15, 0.2) is 32.3 Å². The molecule has 0 amide bonds. The number of hydrogen-bond donors (Lipinski definition) is 1. The maximum absolute atomic E-state index is 13.1. The van der Waals surface area contributed by atoms with E-state index in [0.717, 1.165) is 48.0 Å². The van der Waals surface area contributed by atoms with Crippen LogP contribution in [0.1, 0.15) is 29.3 Å². The van der Waals surface area contributed by atoms with Gasteiger partial charge in [0.1, 0.15) is 10.4 Å². The summed E-state index contributed by atoms with van der Waals surface area (Å²) in [7, 11) is 3.80. The molecule has 6 nitrogen and oxygen atoms in total. The molecule has 1 N–H and O–H groups in total. The Morgan fingerprint density at radius 2 is 1.90 bits per heavy atom. The first kappa shape index (κ1) is 19.9. The summed E-state index contributed by atoms with van der Waals surface area (Å²) >= 11 is 1.57. The van der Waals surface area contributed by atoms with Crippen molar-refractivity contribution in [3.8, 4) is 0 Å². The van der Waals surface area contributed by atoms with Gasteiger partial charge in [0.05, 0.1) is 21.2 Å². The summed E-state index contributed by atoms with van der Waals surface area (Å²) < 4.78 is 6.70. The van der Waals surface area contributed by atoms with Gasteiger partial charge < -0.3 is 14.3 Å². The highest BCUT2D eigenvalue weighted by Gasteiger charge is 2.21. The molecule has 0 aliphatic rings. The minimum absolute atomic E-state index is 0.0468. The lowest BCUT2D eigenvalue weighted by molar-refractivity contribution is 0.399. The van der Waals surface area contributed by atoms with Crippen LogP contribution in [0.5, 0.6) is 0 Å². The zero-order chi connectivity index (χ0) is 22.0. The maximum Gasteiger partial charge on any atom is 0.345 e. The van der Waals surface area contributed by atoms with E-state index >= 15 is 0 Å². The van der Waals surface area contributed by atoms with Crippen molar-refractivity contribution in [1.82, 2.24) is 14.9 Å². The molecule has 31 heavy (non-hydrogen) atoms. The second-order valence-corrected chi connectivity index (χ2v) is 9.34. The number of nitrogens with zero attached hydrogens (tertiary/aromatic N) is 2. The van der Waals surface area contributed by atoms with Gasteiger partial charge in [-0.2, -0.15) is 0 Å². The minimum atomic E-state index is -0.442. The van der Waals surface area contributed by atoms with Gasteiger partial charge in [-0.3, -0.25) is 4.79 Å². The van der Waals surface area contributed by atoms with Gasteiger partial charge in [0.2, 0.25) is 0 Å². The fourth-order valence-electron chi connectivity index (χ4n) is 4.46. The van der Waals surface area contributed by atoms with E-state index in [2.05, 4.69) is 18.0 Å². The van der Waals surface area contributed by atoms with Crippen LogP contribution < -0.4 is 11.1 Å². The van der Waals surface area contributed by atoms with Gasteiger partial charge in [-0.15, -0.1) is 11.3 Å². The van der Waals surface area contributed by atoms with Crippen molar-refractivity contribution < 1.29 is 4.42 Å². The minimum Gasteiger partial charge on any atom is -0.422 e. The number of hydrogen-bond acceptors (Lipinski definition) is 6. The second kappa shape index (κ2) is 7.00. The van der Waals surface area contributed by atoms with Crippen molar-refractivity contribution >= 4 is 53.5 Å². The Hall–Kier alpha value is -3.03. The summed E-state index contributed by atoms with van der Waals surface area (Å²) in [6.45, 7) is 6.44. The predicted molar refractivity (Wildman–Crippen MR) is 128 cm³/mol. The SMILES string of the molecule is CCc1cc2c(oc(=O)c3c[nH]c4c(sc5nc(C)cc(C)c54)c32)c(CN(C)C)c1=O. The van der Waals surface area contributed by atoms with E-state index in [0.29, 0.717) is 29.5 Å². The number of pyridine rings is 2. The number of aryl methyl sites for hydroxylation is 3. The quantitative estimate of drug-likeness (QED) is 0.331. The molecule has 0 aliphatic carbocycles. The molecule has 158 valence electrons. The molecule has 0 radical (unpaired) electrons. The van der Waals surface area contributed by atoms with E-state index < -0.39 is 5.63 Å². The molecule has 0 aliphatic heterocycles. The van der Waals surface area contributed by atoms with Crippen molar-refractivity contribution in [2.24, 2.45) is 0 Å². The molecule has 1 aromatic carbocycles. The molecule has 0 fully saturated rings. The summed E-state index contributed by atoms with van der Waals surface area (Å²) in [5.41, 5.74) is 4.22. The third kappa shape index (κ3) is 2.91. The van der Waals surface area contributed by atoms with Crippen LogP contribution in [0, 0.1) is 13.8 Å². The number of H-pyrrole nitrogens is 1. The highest BCUT2D eigenvalue weighted by Crippen LogP contribution is 2.40. The average molecular weight is 434 g/mol. The first-order valence-electron chi connectivity index (χ1n) is 10.3. The molecule has 0 spiro atoms.